The molecule has 1 N–H and O–H groups in total. The molecule has 0 aromatic heterocycles. The fraction of sp³-hybridized carbons (Fsp3) is 0.684. The maximum atomic E-state index is 6.31. The molecule has 0 aliphatic carbocycles. The lowest BCUT2D eigenvalue weighted by atomic mass is 9.78. The van der Waals surface area contributed by atoms with Gasteiger partial charge in [0.05, 0.1) is 11.2 Å². The van der Waals surface area contributed by atoms with Crippen molar-refractivity contribution in [3.8, 4) is 0 Å². The zero-order valence-corrected chi connectivity index (χ0v) is 14.7. The second-order valence-corrected chi connectivity index (χ2v) is 7.65. The van der Waals surface area contributed by atoms with E-state index in [4.69, 9.17) is 4.74 Å². The Balaban J connectivity index is 2.36. The van der Waals surface area contributed by atoms with Crippen LogP contribution in [0.4, 0.5) is 0 Å². The van der Waals surface area contributed by atoms with Crippen LogP contribution < -0.4 is 5.32 Å². The van der Waals surface area contributed by atoms with E-state index in [1.165, 1.54) is 16.7 Å². The third-order valence-electron chi connectivity index (χ3n) is 4.86. The Morgan fingerprint density at radius 2 is 1.86 bits per heavy atom. The second-order valence-electron chi connectivity index (χ2n) is 7.65. The summed E-state index contributed by atoms with van der Waals surface area (Å²) in [6.07, 6.45) is 1.09. The molecule has 2 heteroatoms. The molecule has 0 amide bonds. The predicted molar refractivity (Wildman–Crippen MR) is 89.7 cm³/mol. The van der Waals surface area contributed by atoms with Gasteiger partial charge in [0.15, 0.2) is 0 Å². The van der Waals surface area contributed by atoms with E-state index in [2.05, 4.69) is 72.0 Å². The van der Waals surface area contributed by atoms with Crippen molar-refractivity contribution in [1.29, 1.82) is 0 Å². The normalized spacial score (nSPS) is 25.0. The van der Waals surface area contributed by atoms with Crippen molar-refractivity contribution in [3.05, 3.63) is 34.9 Å². The van der Waals surface area contributed by atoms with E-state index in [-0.39, 0.29) is 11.2 Å². The highest BCUT2D eigenvalue weighted by atomic mass is 16.5. The van der Waals surface area contributed by atoms with E-state index >= 15 is 0 Å². The highest BCUT2D eigenvalue weighted by Gasteiger charge is 2.49. The maximum absolute atomic E-state index is 6.31. The molecule has 0 radical (unpaired) electrons. The minimum absolute atomic E-state index is 0.0401. The zero-order chi connectivity index (χ0) is 15.8. The zero-order valence-electron chi connectivity index (χ0n) is 14.7. The monoisotopic (exact) mass is 289 g/mol. The van der Waals surface area contributed by atoms with E-state index in [0.717, 1.165) is 13.0 Å². The minimum atomic E-state index is -0.102. The molecule has 0 saturated carbocycles. The van der Waals surface area contributed by atoms with Crippen LogP contribution >= 0.6 is 0 Å². The summed E-state index contributed by atoms with van der Waals surface area (Å²) in [5.41, 5.74) is 3.97. The molecule has 2 atom stereocenters. The molecule has 1 aliphatic rings. The first-order chi connectivity index (χ1) is 9.66. The van der Waals surface area contributed by atoms with Gasteiger partial charge in [-0.05, 0) is 71.2 Å². The van der Waals surface area contributed by atoms with Gasteiger partial charge in [0.1, 0.15) is 0 Å². The molecule has 2 unspecified atom stereocenters. The van der Waals surface area contributed by atoms with Crippen LogP contribution in [-0.4, -0.2) is 17.7 Å². The molecule has 1 aromatic carbocycles. The lowest BCUT2D eigenvalue weighted by Gasteiger charge is -2.34. The van der Waals surface area contributed by atoms with Crippen LogP contribution in [0, 0.1) is 19.8 Å². The van der Waals surface area contributed by atoms with E-state index in [0.29, 0.717) is 12.0 Å². The SMILES string of the molecule is CCNC(c1ccc(C)c(C)c1)C1CC(C)(C)OC1(C)C. The Morgan fingerprint density at radius 3 is 2.33 bits per heavy atom. The van der Waals surface area contributed by atoms with Crippen molar-refractivity contribution >= 4 is 0 Å². The fourth-order valence-electron chi connectivity index (χ4n) is 3.79. The lowest BCUT2D eigenvalue weighted by Crippen LogP contribution is -2.38. The first-order valence-electron chi connectivity index (χ1n) is 8.17. The van der Waals surface area contributed by atoms with Crippen molar-refractivity contribution in [1.82, 2.24) is 5.32 Å². The van der Waals surface area contributed by atoms with Gasteiger partial charge in [0.25, 0.3) is 0 Å². The summed E-state index contributed by atoms with van der Waals surface area (Å²) in [5.74, 6) is 0.481. The number of rotatable bonds is 4. The Morgan fingerprint density at radius 1 is 1.19 bits per heavy atom. The Kier molecular flexibility index (Phi) is 4.51. The number of hydrogen-bond donors (Lipinski definition) is 1. The van der Waals surface area contributed by atoms with Crippen LogP contribution in [0.15, 0.2) is 18.2 Å². The summed E-state index contributed by atoms with van der Waals surface area (Å²) in [6, 6.07) is 7.20. The van der Waals surface area contributed by atoms with Crippen molar-refractivity contribution in [2.24, 2.45) is 5.92 Å². The summed E-state index contributed by atoms with van der Waals surface area (Å²) in [5, 5.41) is 3.70. The molecule has 0 bridgehead atoms. The number of aryl methyl sites for hydroxylation is 2. The average molecular weight is 289 g/mol. The Hall–Kier alpha value is -0.860. The molecular formula is C19H31NO. The molecular weight excluding hydrogens is 258 g/mol. The lowest BCUT2D eigenvalue weighted by molar-refractivity contribution is -0.0778. The van der Waals surface area contributed by atoms with Crippen LogP contribution in [0.2, 0.25) is 0 Å². The van der Waals surface area contributed by atoms with Gasteiger partial charge in [0, 0.05) is 12.0 Å². The van der Waals surface area contributed by atoms with Crippen molar-refractivity contribution in [3.63, 3.8) is 0 Å². The van der Waals surface area contributed by atoms with Gasteiger partial charge < -0.3 is 10.1 Å². The third kappa shape index (κ3) is 3.49. The highest BCUT2D eigenvalue weighted by Crippen LogP contribution is 2.47. The van der Waals surface area contributed by atoms with Gasteiger partial charge in [-0.3, -0.25) is 0 Å². The molecule has 1 aliphatic heterocycles. The molecule has 1 fully saturated rings. The predicted octanol–water partition coefficient (Wildman–Crippen LogP) is 4.55. The Labute approximate surface area is 130 Å². The van der Waals surface area contributed by atoms with Crippen LogP contribution in [0.3, 0.4) is 0 Å². The topological polar surface area (TPSA) is 21.3 Å². The number of hydrogen-bond acceptors (Lipinski definition) is 2. The largest absolute Gasteiger partial charge is 0.369 e. The number of ether oxygens (including phenoxy) is 1. The minimum Gasteiger partial charge on any atom is -0.369 e. The van der Waals surface area contributed by atoms with Gasteiger partial charge in [-0.2, -0.15) is 0 Å². The second kappa shape index (κ2) is 5.73. The molecule has 1 heterocycles. The van der Waals surface area contributed by atoms with Crippen molar-refractivity contribution in [2.45, 2.75) is 72.1 Å². The highest BCUT2D eigenvalue weighted by molar-refractivity contribution is 5.32. The average Bonchev–Trinajstić information content (AvgIpc) is 2.58. The standard InChI is InChI=1S/C19H31NO/c1-8-20-17(15-10-9-13(2)14(3)11-15)16-12-18(4,5)21-19(16,6)7/h9-11,16-17,20H,8,12H2,1-7H3. The number of benzene rings is 1. The van der Waals surface area contributed by atoms with Crippen LogP contribution in [0.25, 0.3) is 0 Å². The molecule has 1 aromatic rings. The summed E-state index contributed by atoms with van der Waals surface area (Å²) in [6.45, 7) is 16.4. The van der Waals surface area contributed by atoms with E-state index in [9.17, 15) is 0 Å². The van der Waals surface area contributed by atoms with E-state index < -0.39 is 0 Å². The first-order valence-corrected chi connectivity index (χ1v) is 8.17. The summed E-state index contributed by atoms with van der Waals surface area (Å²) in [4.78, 5) is 0. The smallest absolute Gasteiger partial charge is 0.0681 e. The van der Waals surface area contributed by atoms with Crippen LogP contribution in [-0.2, 0) is 4.74 Å². The molecule has 2 nitrogen and oxygen atoms in total. The van der Waals surface area contributed by atoms with E-state index in [1.54, 1.807) is 0 Å². The van der Waals surface area contributed by atoms with Crippen molar-refractivity contribution < 1.29 is 4.74 Å². The third-order valence-corrected chi connectivity index (χ3v) is 4.86. The molecule has 118 valence electrons. The van der Waals surface area contributed by atoms with Gasteiger partial charge in [-0.15, -0.1) is 0 Å². The molecule has 2 rings (SSSR count). The van der Waals surface area contributed by atoms with Crippen LogP contribution in [0.5, 0.6) is 0 Å². The van der Waals surface area contributed by atoms with Gasteiger partial charge >= 0.3 is 0 Å². The summed E-state index contributed by atoms with van der Waals surface area (Å²) >= 11 is 0. The fourth-order valence-corrected chi connectivity index (χ4v) is 3.79. The molecule has 1 saturated heterocycles. The van der Waals surface area contributed by atoms with Crippen molar-refractivity contribution in [2.75, 3.05) is 6.54 Å². The summed E-state index contributed by atoms with van der Waals surface area (Å²) < 4.78 is 6.31. The quantitative estimate of drug-likeness (QED) is 0.878. The first kappa shape index (κ1) is 16.5. The Bertz CT molecular complexity index is 504. The van der Waals surface area contributed by atoms with Gasteiger partial charge in [-0.1, -0.05) is 25.1 Å². The van der Waals surface area contributed by atoms with Gasteiger partial charge in [0.2, 0.25) is 0 Å². The van der Waals surface area contributed by atoms with Gasteiger partial charge in [-0.25, -0.2) is 0 Å². The molecule has 0 spiro atoms. The summed E-state index contributed by atoms with van der Waals surface area (Å²) in [7, 11) is 0. The van der Waals surface area contributed by atoms with Crippen LogP contribution in [0.1, 0.15) is 63.8 Å². The number of nitrogens with one attached hydrogen (secondary N) is 1. The van der Waals surface area contributed by atoms with E-state index in [1.807, 2.05) is 0 Å². The molecule has 21 heavy (non-hydrogen) atoms. The maximum Gasteiger partial charge on any atom is 0.0681 e.